The van der Waals surface area contributed by atoms with Gasteiger partial charge in [-0.1, -0.05) is 209 Å². The van der Waals surface area contributed by atoms with Gasteiger partial charge in [-0.15, -0.1) is 11.3 Å². The zero-order valence-corrected chi connectivity index (χ0v) is 48.0. The van der Waals surface area contributed by atoms with Gasteiger partial charge < -0.3 is 14.4 Å². The lowest BCUT2D eigenvalue weighted by molar-refractivity contribution is 0.590. The maximum Gasteiger partial charge on any atom is 0.264 e. The van der Waals surface area contributed by atoms with E-state index in [1.54, 1.807) is 0 Å². The van der Waals surface area contributed by atoms with E-state index in [-0.39, 0.29) is 12.1 Å². The molecule has 0 saturated carbocycles. The highest BCUT2D eigenvalue weighted by Crippen LogP contribution is 2.54. The molecule has 1 aliphatic carbocycles. The summed E-state index contributed by atoms with van der Waals surface area (Å²) in [7, 11) is 0. The van der Waals surface area contributed by atoms with Crippen LogP contribution in [0.2, 0.25) is 0 Å². The van der Waals surface area contributed by atoms with Gasteiger partial charge in [-0.05, 0) is 182 Å². The van der Waals surface area contributed by atoms with Crippen molar-refractivity contribution in [2.45, 2.75) is 26.2 Å². The summed E-state index contributed by atoms with van der Waals surface area (Å²) in [5.41, 5.74) is 24.5. The van der Waals surface area contributed by atoms with Crippen molar-refractivity contribution in [3.05, 3.63) is 266 Å². The Morgan fingerprint density at radius 3 is 1.71 bits per heavy atom. The SMILES string of the molecule is CC(C)(C)c1cccc(N2c3cc(-n4c5ccccc5c5ccccc54)ccc3B3c4sc5ccccc5c4N(c4cc5ccc6cccc7ccc(c4)c5c67)c4cc(-c5cccc(-c6cccc7c6-c6cccc8cccc-7c68)c5)cc2c43)c1. The third-order valence-electron chi connectivity index (χ3n) is 19.1. The molecule has 2 aromatic heterocycles. The Balaban J connectivity index is 0.917. The van der Waals surface area contributed by atoms with Gasteiger partial charge in [0.05, 0.1) is 16.7 Å². The van der Waals surface area contributed by atoms with Crippen LogP contribution in [0, 0.1) is 0 Å². The van der Waals surface area contributed by atoms with Crippen LogP contribution in [0.15, 0.2) is 261 Å². The van der Waals surface area contributed by atoms with E-state index in [1.165, 1.54) is 158 Å². The van der Waals surface area contributed by atoms with Crippen LogP contribution in [-0.2, 0) is 5.41 Å². The minimum absolute atomic E-state index is 0.0697. The summed E-state index contributed by atoms with van der Waals surface area (Å²) in [5, 5.41) is 14.1. The highest BCUT2D eigenvalue weighted by Gasteiger charge is 2.46. The summed E-state index contributed by atoms with van der Waals surface area (Å²) in [5.74, 6) is 0. The molecule has 85 heavy (non-hydrogen) atoms. The monoisotopic (exact) mass is 1100 g/mol. The number of fused-ring (bicyclic) bond motifs is 12. The molecule has 0 atom stereocenters. The molecule has 0 N–H and O–H groups in total. The Kier molecular flexibility index (Phi) is 9.57. The van der Waals surface area contributed by atoms with E-state index in [2.05, 4.69) is 296 Å². The second kappa shape index (κ2) is 17.2. The van der Waals surface area contributed by atoms with E-state index in [1.807, 2.05) is 11.3 Å². The topological polar surface area (TPSA) is 11.4 Å². The van der Waals surface area contributed by atoms with Gasteiger partial charge in [0.25, 0.3) is 6.71 Å². The van der Waals surface area contributed by atoms with E-state index in [4.69, 9.17) is 0 Å². The lowest BCUT2D eigenvalue weighted by Gasteiger charge is -2.44. The first kappa shape index (κ1) is 47.3. The number of rotatable bonds is 5. The quantitative estimate of drug-likeness (QED) is 0.126. The van der Waals surface area contributed by atoms with Crippen LogP contribution in [0.3, 0.4) is 0 Å². The summed E-state index contributed by atoms with van der Waals surface area (Å²) in [6.45, 7) is 6.93. The van der Waals surface area contributed by atoms with Crippen molar-refractivity contribution in [3.63, 3.8) is 0 Å². The Labute approximate surface area is 496 Å². The van der Waals surface area contributed by atoms with Gasteiger partial charge in [0, 0.05) is 59.8 Å². The van der Waals surface area contributed by atoms with Crippen LogP contribution in [0.25, 0.3) is 125 Å². The van der Waals surface area contributed by atoms with Crippen molar-refractivity contribution in [2.24, 2.45) is 0 Å². The van der Waals surface area contributed by atoms with E-state index >= 15 is 0 Å². The first-order valence-electron chi connectivity index (χ1n) is 29.8. The molecule has 0 saturated heterocycles. The average molecular weight is 1100 g/mol. The number of hydrogen-bond donors (Lipinski definition) is 0. The molecule has 14 aromatic carbocycles. The summed E-state index contributed by atoms with van der Waals surface area (Å²) in [6, 6.07) is 99.5. The van der Waals surface area contributed by atoms with Crippen LogP contribution in [0.1, 0.15) is 26.3 Å². The zero-order chi connectivity index (χ0) is 56.0. The molecule has 396 valence electrons. The molecule has 3 nitrogen and oxygen atoms in total. The van der Waals surface area contributed by atoms with Crippen LogP contribution < -0.4 is 25.5 Å². The number of aromatic nitrogens is 1. The van der Waals surface area contributed by atoms with Crippen molar-refractivity contribution < 1.29 is 0 Å². The maximum absolute atomic E-state index is 2.66. The van der Waals surface area contributed by atoms with Gasteiger partial charge >= 0.3 is 0 Å². The molecule has 3 aliphatic rings. The van der Waals surface area contributed by atoms with Crippen molar-refractivity contribution in [1.29, 1.82) is 0 Å². The van der Waals surface area contributed by atoms with Crippen molar-refractivity contribution in [2.75, 3.05) is 9.80 Å². The first-order chi connectivity index (χ1) is 41.8. The van der Waals surface area contributed by atoms with Crippen molar-refractivity contribution >= 4 is 143 Å². The predicted octanol–water partition coefficient (Wildman–Crippen LogP) is 20.4. The van der Waals surface area contributed by atoms with Crippen molar-refractivity contribution in [3.8, 4) is 50.2 Å². The molecule has 0 amide bonds. The molecular formula is C80H52BN3S. The number of nitrogens with zero attached hydrogens (tertiary/aromatic N) is 3. The van der Waals surface area contributed by atoms with Gasteiger partial charge in [-0.25, -0.2) is 0 Å². The molecule has 19 rings (SSSR count). The molecule has 0 bridgehead atoms. The number of anilines is 6. The third kappa shape index (κ3) is 6.62. The highest BCUT2D eigenvalue weighted by molar-refractivity contribution is 7.33. The molecule has 16 aromatic rings. The Morgan fingerprint density at radius 1 is 0.365 bits per heavy atom. The fourth-order valence-electron chi connectivity index (χ4n) is 15.4. The smallest absolute Gasteiger partial charge is 0.264 e. The third-order valence-corrected chi connectivity index (χ3v) is 20.3. The minimum atomic E-state index is -0.0894. The number of thiophene rings is 1. The summed E-state index contributed by atoms with van der Waals surface area (Å²) in [6.07, 6.45) is 0. The average Bonchev–Trinajstić information content (AvgIpc) is 2.28. The Morgan fingerprint density at radius 2 is 0.953 bits per heavy atom. The van der Waals surface area contributed by atoms with Crippen LogP contribution in [0.4, 0.5) is 34.1 Å². The largest absolute Gasteiger partial charge is 0.311 e. The first-order valence-corrected chi connectivity index (χ1v) is 30.6. The van der Waals surface area contributed by atoms with E-state index in [0.717, 1.165) is 22.6 Å². The number of benzene rings is 14. The second-order valence-corrected chi connectivity index (χ2v) is 25.8. The summed E-state index contributed by atoms with van der Waals surface area (Å²) < 4.78 is 5.13. The van der Waals surface area contributed by atoms with Gasteiger partial charge in [0.1, 0.15) is 0 Å². The number of para-hydroxylation sites is 2. The minimum Gasteiger partial charge on any atom is -0.311 e. The standard InChI is InChI=1S/C80H52BN3S/c1-80(2,3)55-22-14-23-56(45-55)83-69-46-57(82-67-31-7-4-24-60(67)61-25-5-8-32-68(61)82)38-39-66(69)81-77-70(83)43-54(50-20-11-21-51(40-50)59-27-15-29-63-62-28-12-18-47-19-13-30-65(75(47)62)76(59)63)44-71(77)84(78-64-26-6-9-33-72(64)85-79(78)81)58-41-52-36-34-48-16-10-17-49-35-37-53(42-58)74(52)73(48)49/h4-46H,1-3H3. The molecule has 4 heterocycles. The predicted molar refractivity (Wildman–Crippen MR) is 365 cm³/mol. The molecule has 2 aliphatic heterocycles. The molecule has 0 spiro atoms. The van der Waals surface area contributed by atoms with Gasteiger partial charge in [0.2, 0.25) is 0 Å². The van der Waals surface area contributed by atoms with Crippen LogP contribution in [-0.4, -0.2) is 11.3 Å². The molecule has 5 heteroatoms. The normalized spacial score (nSPS) is 13.3. The fraction of sp³-hybridized carbons (Fsp3) is 0.0500. The molecular weight excluding hydrogens is 1050 g/mol. The van der Waals surface area contributed by atoms with Gasteiger partial charge in [-0.2, -0.15) is 0 Å². The summed E-state index contributed by atoms with van der Waals surface area (Å²) in [4.78, 5) is 5.29. The van der Waals surface area contributed by atoms with Gasteiger partial charge in [-0.3, -0.25) is 0 Å². The molecule has 0 unspecified atom stereocenters. The van der Waals surface area contributed by atoms with Crippen LogP contribution in [0.5, 0.6) is 0 Å². The highest BCUT2D eigenvalue weighted by atomic mass is 32.1. The second-order valence-electron chi connectivity index (χ2n) is 24.8. The Hall–Kier alpha value is -10.2. The van der Waals surface area contributed by atoms with E-state index in [0.29, 0.717) is 0 Å². The Bertz CT molecular complexity index is 5460. The molecule has 0 fully saturated rings. The summed E-state index contributed by atoms with van der Waals surface area (Å²) >= 11 is 1.96. The molecule has 0 radical (unpaired) electrons. The fourth-order valence-corrected chi connectivity index (χ4v) is 16.7. The lowest BCUT2D eigenvalue weighted by atomic mass is 9.36. The van der Waals surface area contributed by atoms with Crippen LogP contribution >= 0.6 is 11.3 Å². The maximum atomic E-state index is 2.66. The number of hydrogen-bond acceptors (Lipinski definition) is 3. The van der Waals surface area contributed by atoms with E-state index in [9.17, 15) is 0 Å². The van der Waals surface area contributed by atoms with Gasteiger partial charge in [0.15, 0.2) is 0 Å². The zero-order valence-electron chi connectivity index (χ0n) is 47.2. The lowest BCUT2D eigenvalue weighted by Crippen LogP contribution is -2.60. The van der Waals surface area contributed by atoms with Crippen molar-refractivity contribution in [1.82, 2.24) is 4.57 Å². The van der Waals surface area contributed by atoms with E-state index < -0.39 is 0 Å².